The lowest BCUT2D eigenvalue weighted by atomic mass is 10.1. The zero-order valence-electron chi connectivity index (χ0n) is 13.8. The Kier molecular flexibility index (Phi) is 6.27. The van der Waals surface area contributed by atoms with Crippen molar-refractivity contribution in [1.82, 2.24) is 9.97 Å². The van der Waals surface area contributed by atoms with E-state index in [1.807, 2.05) is 6.92 Å². The molecule has 0 atom stereocenters. The predicted molar refractivity (Wildman–Crippen MR) is 89.8 cm³/mol. The molecule has 4 nitrogen and oxygen atoms in total. The number of aryl methyl sites for hydroxylation is 1. The Bertz CT molecular complexity index is 423. The van der Waals surface area contributed by atoms with Crippen LogP contribution < -0.4 is 10.6 Å². The van der Waals surface area contributed by atoms with E-state index in [2.05, 4.69) is 40.5 Å². The molecule has 0 saturated heterocycles. The number of rotatable bonds is 6. The van der Waals surface area contributed by atoms with Gasteiger partial charge in [0, 0.05) is 24.3 Å². The van der Waals surface area contributed by atoms with Gasteiger partial charge in [0.15, 0.2) is 0 Å². The first-order valence-electron chi connectivity index (χ1n) is 8.49. The first kappa shape index (κ1) is 16.1. The Hall–Kier alpha value is -1.32. The van der Waals surface area contributed by atoms with Crippen molar-refractivity contribution in [3.05, 3.63) is 11.8 Å². The highest BCUT2D eigenvalue weighted by atomic mass is 15.1. The van der Waals surface area contributed by atoms with Crippen LogP contribution in [0.3, 0.4) is 0 Å². The van der Waals surface area contributed by atoms with Crippen LogP contribution in [0, 0.1) is 12.8 Å². The van der Waals surface area contributed by atoms with Crippen LogP contribution in [0.25, 0.3) is 0 Å². The van der Waals surface area contributed by atoms with Crippen molar-refractivity contribution in [1.29, 1.82) is 0 Å². The number of hydrogen-bond acceptors (Lipinski definition) is 4. The van der Waals surface area contributed by atoms with Crippen LogP contribution in [0.5, 0.6) is 0 Å². The predicted octanol–water partition coefficient (Wildman–Crippen LogP) is 4.38. The van der Waals surface area contributed by atoms with E-state index in [4.69, 9.17) is 0 Å². The lowest BCUT2D eigenvalue weighted by Crippen LogP contribution is -2.20. The van der Waals surface area contributed by atoms with Gasteiger partial charge in [-0.2, -0.15) is 4.98 Å². The van der Waals surface area contributed by atoms with E-state index in [1.54, 1.807) is 0 Å². The SMILES string of the molecule is Cc1cc(NC2CCCCCC2)nc(NCCC(C)C)n1. The molecular weight excluding hydrogens is 260 g/mol. The third-order valence-electron chi connectivity index (χ3n) is 4.07. The highest BCUT2D eigenvalue weighted by molar-refractivity contribution is 5.42. The van der Waals surface area contributed by atoms with E-state index in [9.17, 15) is 0 Å². The topological polar surface area (TPSA) is 49.8 Å². The van der Waals surface area contributed by atoms with Crippen LogP contribution in [-0.4, -0.2) is 22.6 Å². The molecule has 4 heteroatoms. The third-order valence-corrected chi connectivity index (χ3v) is 4.07. The maximum Gasteiger partial charge on any atom is 0.224 e. The smallest absolute Gasteiger partial charge is 0.224 e. The van der Waals surface area contributed by atoms with E-state index < -0.39 is 0 Å². The molecule has 2 N–H and O–H groups in total. The lowest BCUT2D eigenvalue weighted by Gasteiger charge is -2.18. The molecule has 1 heterocycles. The molecule has 0 bridgehead atoms. The molecule has 0 radical (unpaired) electrons. The van der Waals surface area contributed by atoms with E-state index >= 15 is 0 Å². The van der Waals surface area contributed by atoms with E-state index in [0.29, 0.717) is 12.0 Å². The Morgan fingerprint density at radius 2 is 1.86 bits per heavy atom. The second-order valence-corrected chi connectivity index (χ2v) is 6.66. The zero-order valence-corrected chi connectivity index (χ0v) is 13.8. The molecule has 2 rings (SSSR count). The first-order valence-corrected chi connectivity index (χ1v) is 8.49. The molecule has 21 heavy (non-hydrogen) atoms. The number of aromatic nitrogens is 2. The van der Waals surface area contributed by atoms with Gasteiger partial charge >= 0.3 is 0 Å². The van der Waals surface area contributed by atoms with Gasteiger partial charge in [-0.25, -0.2) is 4.98 Å². The average molecular weight is 290 g/mol. The Labute approximate surface area is 129 Å². The summed E-state index contributed by atoms with van der Waals surface area (Å²) in [7, 11) is 0. The molecule has 1 fully saturated rings. The Morgan fingerprint density at radius 1 is 1.14 bits per heavy atom. The molecule has 0 spiro atoms. The highest BCUT2D eigenvalue weighted by Crippen LogP contribution is 2.21. The fourth-order valence-electron chi connectivity index (χ4n) is 2.83. The minimum Gasteiger partial charge on any atom is -0.367 e. The monoisotopic (exact) mass is 290 g/mol. The normalized spacial score (nSPS) is 16.8. The maximum atomic E-state index is 4.62. The van der Waals surface area contributed by atoms with E-state index in [0.717, 1.165) is 30.4 Å². The number of nitrogens with one attached hydrogen (secondary N) is 2. The fraction of sp³-hybridized carbons (Fsp3) is 0.765. The maximum absolute atomic E-state index is 4.62. The van der Waals surface area contributed by atoms with Crippen LogP contribution in [0.4, 0.5) is 11.8 Å². The molecule has 0 amide bonds. The summed E-state index contributed by atoms with van der Waals surface area (Å²) >= 11 is 0. The van der Waals surface area contributed by atoms with Crippen LogP contribution >= 0.6 is 0 Å². The molecule has 118 valence electrons. The van der Waals surface area contributed by atoms with Crippen molar-refractivity contribution in [2.45, 2.75) is 71.8 Å². The van der Waals surface area contributed by atoms with Crippen molar-refractivity contribution in [3.8, 4) is 0 Å². The minimum atomic E-state index is 0.574. The van der Waals surface area contributed by atoms with Gasteiger partial charge in [-0.15, -0.1) is 0 Å². The molecule has 0 aromatic carbocycles. The zero-order chi connectivity index (χ0) is 15.1. The summed E-state index contributed by atoms with van der Waals surface area (Å²) in [5.74, 6) is 2.43. The van der Waals surface area contributed by atoms with Crippen LogP contribution in [0.15, 0.2) is 6.07 Å². The van der Waals surface area contributed by atoms with Gasteiger partial charge in [-0.05, 0) is 32.1 Å². The summed E-state index contributed by atoms with van der Waals surface area (Å²) in [6, 6.07) is 2.63. The Morgan fingerprint density at radius 3 is 2.52 bits per heavy atom. The molecular formula is C17H30N4. The summed E-state index contributed by atoms with van der Waals surface area (Å²) in [5, 5.41) is 6.95. The second kappa shape index (κ2) is 8.20. The standard InChI is InChI=1S/C17H30N4/c1-13(2)10-11-18-17-19-14(3)12-16(21-17)20-15-8-6-4-5-7-9-15/h12-13,15H,4-11H2,1-3H3,(H2,18,19,20,21). The quantitative estimate of drug-likeness (QED) is 0.763. The fourth-order valence-corrected chi connectivity index (χ4v) is 2.83. The molecule has 1 saturated carbocycles. The highest BCUT2D eigenvalue weighted by Gasteiger charge is 2.13. The van der Waals surface area contributed by atoms with Gasteiger partial charge in [-0.3, -0.25) is 0 Å². The van der Waals surface area contributed by atoms with E-state index in [1.165, 1.54) is 38.5 Å². The average Bonchev–Trinajstić information content (AvgIpc) is 2.66. The summed E-state index contributed by atoms with van der Waals surface area (Å²) in [6.07, 6.45) is 9.09. The second-order valence-electron chi connectivity index (χ2n) is 6.66. The van der Waals surface area contributed by atoms with Crippen molar-refractivity contribution >= 4 is 11.8 Å². The van der Waals surface area contributed by atoms with Gasteiger partial charge in [0.2, 0.25) is 5.95 Å². The lowest BCUT2D eigenvalue weighted by molar-refractivity contribution is 0.605. The van der Waals surface area contributed by atoms with Gasteiger partial charge in [0.25, 0.3) is 0 Å². The van der Waals surface area contributed by atoms with Crippen LogP contribution in [0.2, 0.25) is 0 Å². The summed E-state index contributed by atoms with van der Waals surface area (Å²) in [5.41, 5.74) is 1.02. The van der Waals surface area contributed by atoms with Crippen LogP contribution in [-0.2, 0) is 0 Å². The molecule has 1 aliphatic carbocycles. The number of nitrogens with zero attached hydrogens (tertiary/aromatic N) is 2. The molecule has 1 aromatic rings. The molecule has 0 aliphatic heterocycles. The van der Waals surface area contributed by atoms with E-state index in [-0.39, 0.29) is 0 Å². The van der Waals surface area contributed by atoms with Crippen molar-refractivity contribution in [3.63, 3.8) is 0 Å². The Balaban J connectivity index is 1.93. The van der Waals surface area contributed by atoms with Crippen LogP contribution in [0.1, 0.15) is 64.5 Å². The summed E-state index contributed by atoms with van der Waals surface area (Å²) in [6.45, 7) is 7.44. The molecule has 1 aliphatic rings. The molecule has 0 unspecified atom stereocenters. The first-order chi connectivity index (χ1) is 10.1. The summed E-state index contributed by atoms with van der Waals surface area (Å²) < 4.78 is 0. The van der Waals surface area contributed by atoms with Gasteiger partial charge in [-0.1, -0.05) is 39.5 Å². The van der Waals surface area contributed by atoms with Gasteiger partial charge < -0.3 is 10.6 Å². The number of anilines is 2. The molecule has 1 aromatic heterocycles. The number of hydrogen-bond donors (Lipinski definition) is 2. The van der Waals surface area contributed by atoms with Gasteiger partial charge in [0.05, 0.1) is 0 Å². The largest absolute Gasteiger partial charge is 0.367 e. The van der Waals surface area contributed by atoms with Crippen molar-refractivity contribution < 1.29 is 0 Å². The van der Waals surface area contributed by atoms with Gasteiger partial charge in [0.1, 0.15) is 5.82 Å². The third kappa shape index (κ3) is 5.90. The minimum absolute atomic E-state index is 0.574. The van der Waals surface area contributed by atoms with Crippen molar-refractivity contribution in [2.75, 3.05) is 17.2 Å². The van der Waals surface area contributed by atoms with Crippen molar-refractivity contribution in [2.24, 2.45) is 5.92 Å². The summed E-state index contributed by atoms with van der Waals surface area (Å²) in [4.78, 5) is 9.10.